The van der Waals surface area contributed by atoms with Gasteiger partial charge in [0, 0.05) is 6.42 Å². The Kier molecular flexibility index (Phi) is 7.97. The van der Waals surface area contributed by atoms with Crippen molar-refractivity contribution in [1.82, 2.24) is 0 Å². The topological polar surface area (TPSA) is 52.3 Å². The largest absolute Gasteiger partial charge is 0.458 e. The Labute approximate surface area is 122 Å². The van der Waals surface area contributed by atoms with Gasteiger partial charge < -0.3 is 10.5 Å². The molecule has 0 spiro atoms. The quantitative estimate of drug-likeness (QED) is 0.698. The Balaban J connectivity index is 2.35. The molecule has 0 bridgehead atoms. The normalized spacial score (nSPS) is 13.8. The van der Waals surface area contributed by atoms with Gasteiger partial charge in [-0.3, -0.25) is 4.79 Å². The predicted molar refractivity (Wildman–Crippen MR) is 82.3 cm³/mol. The number of nitrogens with two attached hydrogens (primary N) is 1. The van der Waals surface area contributed by atoms with E-state index in [1.54, 1.807) is 0 Å². The molecule has 0 aliphatic carbocycles. The summed E-state index contributed by atoms with van der Waals surface area (Å²) in [6.45, 7) is 4.77. The summed E-state index contributed by atoms with van der Waals surface area (Å²) >= 11 is 0. The van der Waals surface area contributed by atoms with Crippen molar-refractivity contribution in [3.05, 3.63) is 35.9 Å². The zero-order valence-electron chi connectivity index (χ0n) is 12.7. The molecule has 0 saturated heterocycles. The van der Waals surface area contributed by atoms with E-state index in [1.165, 1.54) is 0 Å². The molecule has 0 heterocycles. The summed E-state index contributed by atoms with van der Waals surface area (Å²) in [5.41, 5.74) is 6.64. The van der Waals surface area contributed by atoms with E-state index in [2.05, 4.69) is 6.92 Å². The summed E-state index contributed by atoms with van der Waals surface area (Å²) in [5, 5.41) is 0. The molecular weight excluding hydrogens is 250 g/mol. The Hall–Kier alpha value is -1.35. The van der Waals surface area contributed by atoms with Gasteiger partial charge in [-0.05, 0) is 37.8 Å². The number of benzene rings is 1. The highest BCUT2D eigenvalue weighted by molar-refractivity contribution is 5.69. The van der Waals surface area contributed by atoms with Crippen LogP contribution in [0.1, 0.15) is 57.6 Å². The SMILES string of the molecule is CCCC(CCN)CCC(=O)OC(C)c1ccccc1. The molecule has 1 aromatic rings. The van der Waals surface area contributed by atoms with Gasteiger partial charge >= 0.3 is 5.97 Å². The van der Waals surface area contributed by atoms with Crippen molar-refractivity contribution >= 4 is 5.97 Å². The fraction of sp³-hybridized carbons (Fsp3) is 0.588. The minimum atomic E-state index is -0.178. The third kappa shape index (κ3) is 6.20. The number of rotatable bonds is 9. The van der Waals surface area contributed by atoms with Gasteiger partial charge in [0.15, 0.2) is 0 Å². The first-order valence-electron chi connectivity index (χ1n) is 7.61. The molecule has 3 heteroatoms. The predicted octanol–water partition coefficient (Wildman–Crippen LogP) is 3.84. The third-order valence-electron chi connectivity index (χ3n) is 3.61. The second-order valence-corrected chi connectivity index (χ2v) is 5.31. The molecule has 1 rings (SSSR count). The molecule has 0 amide bonds. The van der Waals surface area contributed by atoms with Crippen LogP contribution in [0.4, 0.5) is 0 Å². The fourth-order valence-corrected chi connectivity index (χ4v) is 2.45. The van der Waals surface area contributed by atoms with Crippen LogP contribution in [0.15, 0.2) is 30.3 Å². The molecule has 2 N–H and O–H groups in total. The van der Waals surface area contributed by atoms with Crippen LogP contribution in [0.5, 0.6) is 0 Å². The summed E-state index contributed by atoms with van der Waals surface area (Å²) in [5.74, 6) is 0.434. The molecule has 3 nitrogen and oxygen atoms in total. The Morgan fingerprint density at radius 1 is 1.20 bits per heavy atom. The van der Waals surface area contributed by atoms with Gasteiger partial charge in [-0.15, -0.1) is 0 Å². The molecular formula is C17H27NO2. The molecule has 2 atom stereocenters. The first-order chi connectivity index (χ1) is 9.67. The lowest BCUT2D eigenvalue weighted by molar-refractivity contribution is -0.149. The van der Waals surface area contributed by atoms with E-state index in [1.807, 2.05) is 37.3 Å². The van der Waals surface area contributed by atoms with Crippen LogP contribution >= 0.6 is 0 Å². The van der Waals surface area contributed by atoms with Gasteiger partial charge in [-0.25, -0.2) is 0 Å². The van der Waals surface area contributed by atoms with Crippen LogP contribution in [0.25, 0.3) is 0 Å². The summed E-state index contributed by atoms with van der Waals surface area (Å²) in [4.78, 5) is 11.9. The van der Waals surface area contributed by atoms with Gasteiger partial charge in [-0.2, -0.15) is 0 Å². The van der Waals surface area contributed by atoms with Crippen molar-refractivity contribution in [3.63, 3.8) is 0 Å². The van der Waals surface area contributed by atoms with Crippen LogP contribution < -0.4 is 5.73 Å². The van der Waals surface area contributed by atoms with E-state index in [0.29, 0.717) is 18.9 Å². The van der Waals surface area contributed by atoms with Crippen LogP contribution in [0.2, 0.25) is 0 Å². The number of carbonyl (C=O) groups excluding carboxylic acids is 1. The van der Waals surface area contributed by atoms with E-state index in [9.17, 15) is 4.79 Å². The lowest BCUT2D eigenvalue weighted by Crippen LogP contribution is -2.13. The average molecular weight is 277 g/mol. The van der Waals surface area contributed by atoms with Crippen LogP contribution in [0.3, 0.4) is 0 Å². The van der Waals surface area contributed by atoms with E-state index in [0.717, 1.165) is 31.2 Å². The second-order valence-electron chi connectivity index (χ2n) is 5.31. The third-order valence-corrected chi connectivity index (χ3v) is 3.61. The zero-order chi connectivity index (χ0) is 14.8. The van der Waals surface area contributed by atoms with Crippen molar-refractivity contribution in [2.24, 2.45) is 11.7 Å². The first kappa shape index (κ1) is 16.7. The van der Waals surface area contributed by atoms with Crippen molar-refractivity contribution in [2.45, 2.75) is 52.1 Å². The molecule has 0 saturated carbocycles. The molecule has 1 aromatic carbocycles. The maximum Gasteiger partial charge on any atom is 0.306 e. The van der Waals surface area contributed by atoms with Gasteiger partial charge in [0.05, 0.1) is 0 Å². The fourth-order valence-electron chi connectivity index (χ4n) is 2.45. The summed E-state index contributed by atoms with van der Waals surface area (Å²) < 4.78 is 5.47. The minimum Gasteiger partial charge on any atom is -0.458 e. The minimum absolute atomic E-state index is 0.112. The molecule has 0 aromatic heterocycles. The summed E-state index contributed by atoms with van der Waals surface area (Å²) in [6.07, 6.45) is 4.46. The van der Waals surface area contributed by atoms with E-state index in [4.69, 9.17) is 10.5 Å². The Bertz CT molecular complexity index is 372. The monoisotopic (exact) mass is 277 g/mol. The summed E-state index contributed by atoms with van der Waals surface area (Å²) in [7, 11) is 0. The highest BCUT2D eigenvalue weighted by Gasteiger charge is 2.14. The summed E-state index contributed by atoms with van der Waals surface area (Å²) in [6, 6.07) is 9.83. The average Bonchev–Trinajstić information content (AvgIpc) is 2.46. The van der Waals surface area contributed by atoms with Crippen LogP contribution in [-0.4, -0.2) is 12.5 Å². The first-order valence-corrected chi connectivity index (χ1v) is 7.61. The lowest BCUT2D eigenvalue weighted by Gasteiger charge is -2.16. The molecule has 112 valence electrons. The van der Waals surface area contributed by atoms with Crippen LogP contribution in [-0.2, 0) is 9.53 Å². The van der Waals surface area contributed by atoms with Gasteiger partial charge in [0.25, 0.3) is 0 Å². The Morgan fingerprint density at radius 3 is 2.50 bits per heavy atom. The van der Waals surface area contributed by atoms with E-state index in [-0.39, 0.29) is 12.1 Å². The van der Waals surface area contributed by atoms with Gasteiger partial charge in [-0.1, -0.05) is 50.1 Å². The van der Waals surface area contributed by atoms with Gasteiger partial charge in [0.1, 0.15) is 6.10 Å². The second kappa shape index (κ2) is 9.54. The maximum absolute atomic E-state index is 11.9. The number of esters is 1. The van der Waals surface area contributed by atoms with E-state index >= 15 is 0 Å². The number of ether oxygens (including phenoxy) is 1. The van der Waals surface area contributed by atoms with Crippen molar-refractivity contribution in [1.29, 1.82) is 0 Å². The zero-order valence-corrected chi connectivity index (χ0v) is 12.7. The molecule has 0 radical (unpaired) electrons. The number of hydrogen-bond acceptors (Lipinski definition) is 3. The molecule has 20 heavy (non-hydrogen) atoms. The van der Waals surface area contributed by atoms with Crippen molar-refractivity contribution in [2.75, 3.05) is 6.54 Å². The molecule has 0 fully saturated rings. The Morgan fingerprint density at radius 2 is 1.90 bits per heavy atom. The molecule has 2 unspecified atom stereocenters. The van der Waals surface area contributed by atoms with E-state index < -0.39 is 0 Å². The van der Waals surface area contributed by atoms with Gasteiger partial charge in [0.2, 0.25) is 0 Å². The number of carbonyl (C=O) groups is 1. The molecule has 0 aliphatic heterocycles. The highest BCUT2D eigenvalue weighted by Crippen LogP contribution is 2.20. The van der Waals surface area contributed by atoms with Crippen molar-refractivity contribution < 1.29 is 9.53 Å². The lowest BCUT2D eigenvalue weighted by atomic mass is 9.94. The smallest absolute Gasteiger partial charge is 0.306 e. The highest BCUT2D eigenvalue weighted by atomic mass is 16.5. The number of hydrogen-bond donors (Lipinski definition) is 1. The standard InChI is InChI=1S/C17H27NO2/c1-3-7-15(12-13-18)10-11-17(19)20-14(2)16-8-5-4-6-9-16/h4-6,8-9,14-15H,3,7,10-13,18H2,1-2H3. The molecule has 0 aliphatic rings. The van der Waals surface area contributed by atoms with Crippen molar-refractivity contribution in [3.8, 4) is 0 Å². The maximum atomic E-state index is 11.9. The van der Waals surface area contributed by atoms with Crippen LogP contribution in [0, 0.1) is 5.92 Å².